The van der Waals surface area contributed by atoms with Gasteiger partial charge in [-0.3, -0.25) is 4.90 Å². The molecule has 0 spiro atoms. The molecule has 0 amide bonds. The van der Waals surface area contributed by atoms with Gasteiger partial charge in [0.05, 0.1) is 11.6 Å². The number of hydrogen-bond donors (Lipinski definition) is 0. The van der Waals surface area contributed by atoms with E-state index in [1.807, 2.05) is 52.0 Å². The van der Waals surface area contributed by atoms with Crippen LogP contribution in [0.25, 0.3) is 10.9 Å². The predicted octanol–water partition coefficient (Wildman–Crippen LogP) is 8.85. The van der Waals surface area contributed by atoms with Crippen LogP contribution in [0.2, 0.25) is 36.3 Å². The van der Waals surface area contributed by atoms with Gasteiger partial charge >= 0.3 is 6.09 Å². The summed E-state index contributed by atoms with van der Waals surface area (Å²) < 4.78 is 27.1. The largest absolute Gasteiger partial charge is 0.491 e. The lowest BCUT2D eigenvalue weighted by Crippen LogP contribution is -2.49. The summed E-state index contributed by atoms with van der Waals surface area (Å²) >= 11 is 0. The van der Waals surface area contributed by atoms with Gasteiger partial charge in [-0.25, -0.2) is 9.36 Å². The van der Waals surface area contributed by atoms with Crippen molar-refractivity contribution < 1.29 is 23.1 Å². The third-order valence-electron chi connectivity index (χ3n) is 8.82. The van der Waals surface area contributed by atoms with Crippen LogP contribution in [0.4, 0.5) is 4.79 Å². The van der Waals surface area contributed by atoms with Crippen LogP contribution in [-0.2, 0) is 13.6 Å². The minimum absolute atomic E-state index is 0.0810. The van der Waals surface area contributed by atoms with Crippen LogP contribution in [0, 0.1) is 6.92 Å². The molecule has 7 nitrogen and oxygen atoms in total. The SMILES string of the molecule is CCN(CCO[Si](C)(C)C(C)(C)C)C[C@@H](COc1ccc2c(c1)cc(C)n2C(=O)OC(C)(C)C)O[Si](C)(C)C(C)(C)C. The third kappa shape index (κ3) is 9.94. The summed E-state index contributed by atoms with van der Waals surface area (Å²) in [6.45, 7) is 36.3. The molecule has 240 valence electrons. The van der Waals surface area contributed by atoms with Crippen LogP contribution in [0.3, 0.4) is 0 Å². The highest BCUT2D eigenvalue weighted by molar-refractivity contribution is 6.74. The molecule has 2 aromatic rings. The molecular weight excluding hydrogens is 561 g/mol. The number of nitrogens with zero attached hydrogens (tertiary/aromatic N) is 2. The minimum atomic E-state index is -2.04. The molecule has 0 N–H and O–H groups in total. The molecule has 0 saturated carbocycles. The minimum Gasteiger partial charge on any atom is -0.491 e. The summed E-state index contributed by atoms with van der Waals surface area (Å²) in [5.41, 5.74) is 1.07. The number of aryl methyl sites for hydroxylation is 1. The quantitative estimate of drug-likeness (QED) is 0.221. The van der Waals surface area contributed by atoms with Gasteiger partial charge in [0.1, 0.15) is 18.0 Å². The molecule has 42 heavy (non-hydrogen) atoms. The number of ether oxygens (including phenoxy) is 2. The van der Waals surface area contributed by atoms with Crippen molar-refractivity contribution in [3.05, 3.63) is 30.0 Å². The highest BCUT2D eigenvalue weighted by Crippen LogP contribution is 2.38. The van der Waals surface area contributed by atoms with Crippen LogP contribution in [-0.4, -0.2) is 76.7 Å². The van der Waals surface area contributed by atoms with Crippen molar-refractivity contribution in [2.75, 3.05) is 32.8 Å². The highest BCUT2D eigenvalue weighted by Gasteiger charge is 2.40. The Kier molecular flexibility index (Phi) is 11.8. The summed E-state index contributed by atoms with van der Waals surface area (Å²) in [6, 6.07) is 7.85. The second-order valence-electron chi connectivity index (χ2n) is 15.6. The molecule has 2 rings (SSSR count). The van der Waals surface area contributed by atoms with E-state index < -0.39 is 22.2 Å². The highest BCUT2D eigenvalue weighted by atomic mass is 28.4. The first-order valence-corrected chi connectivity index (χ1v) is 21.3. The lowest BCUT2D eigenvalue weighted by molar-refractivity contribution is 0.0541. The van der Waals surface area contributed by atoms with Gasteiger partial charge < -0.3 is 18.3 Å². The van der Waals surface area contributed by atoms with Crippen molar-refractivity contribution in [2.24, 2.45) is 0 Å². The fraction of sp³-hybridized carbons (Fsp3) is 0.727. The van der Waals surface area contributed by atoms with Crippen molar-refractivity contribution in [3.63, 3.8) is 0 Å². The van der Waals surface area contributed by atoms with E-state index >= 15 is 0 Å². The van der Waals surface area contributed by atoms with E-state index in [1.54, 1.807) is 4.57 Å². The second kappa shape index (κ2) is 13.5. The molecule has 0 aliphatic heterocycles. The Morgan fingerprint density at radius 3 is 2.05 bits per heavy atom. The van der Waals surface area contributed by atoms with Gasteiger partial charge in [-0.15, -0.1) is 0 Å². The molecule has 0 saturated heterocycles. The number of fused-ring (bicyclic) bond motifs is 1. The fourth-order valence-electron chi connectivity index (χ4n) is 4.19. The molecule has 9 heteroatoms. The molecule has 0 radical (unpaired) electrons. The Morgan fingerprint density at radius 2 is 1.52 bits per heavy atom. The Balaban J connectivity index is 2.21. The molecule has 1 aromatic heterocycles. The van der Waals surface area contributed by atoms with E-state index in [9.17, 15) is 4.79 Å². The van der Waals surface area contributed by atoms with Gasteiger partial charge in [0.25, 0.3) is 0 Å². The molecule has 0 unspecified atom stereocenters. The third-order valence-corrected chi connectivity index (χ3v) is 17.9. The maximum Gasteiger partial charge on any atom is 0.419 e. The van der Waals surface area contributed by atoms with E-state index in [4.69, 9.17) is 18.3 Å². The zero-order valence-corrected chi connectivity index (χ0v) is 31.4. The van der Waals surface area contributed by atoms with Crippen molar-refractivity contribution in [3.8, 4) is 5.75 Å². The van der Waals surface area contributed by atoms with Gasteiger partial charge in [-0.05, 0) is 94.8 Å². The van der Waals surface area contributed by atoms with E-state index in [0.29, 0.717) is 6.61 Å². The van der Waals surface area contributed by atoms with E-state index in [2.05, 4.69) is 79.6 Å². The number of hydrogen-bond acceptors (Lipinski definition) is 6. The predicted molar refractivity (Wildman–Crippen MR) is 181 cm³/mol. The lowest BCUT2D eigenvalue weighted by Gasteiger charge is -2.40. The summed E-state index contributed by atoms with van der Waals surface area (Å²) in [5.74, 6) is 0.761. The van der Waals surface area contributed by atoms with E-state index in [-0.39, 0.29) is 22.3 Å². The zero-order valence-electron chi connectivity index (χ0n) is 29.4. The van der Waals surface area contributed by atoms with Gasteiger partial charge in [-0.1, -0.05) is 48.5 Å². The average Bonchev–Trinajstić information content (AvgIpc) is 3.13. The van der Waals surface area contributed by atoms with E-state index in [1.165, 1.54) is 0 Å². The Labute approximate surface area is 258 Å². The van der Waals surface area contributed by atoms with Gasteiger partial charge in [-0.2, -0.15) is 0 Å². The maximum atomic E-state index is 12.9. The summed E-state index contributed by atoms with van der Waals surface area (Å²) in [4.78, 5) is 15.3. The first kappa shape index (κ1) is 36.5. The first-order chi connectivity index (χ1) is 19.0. The van der Waals surface area contributed by atoms with Crippen molar-refractivity contribution in [1.29, 1.82) is 0 Å². The number of carbonyl (C=O) groups excluding carboxylic acids is 1. The first-order valence-electron chi connectivity index (χ1n) is 15.5. The molecular formula is C33H60N2O5Si2. The Morgan fingerprint density at radius 1 is 0.929 bits per heavy atom. The summed E-state index contributed by atoms with van der Waals surface area (Å²) in [7, 11) is -3.84. The van der Waals surface area contributed by atoms with E-state index in [0.717, 1.165) is 48.6 Å². The number of aromatic nitrogens is 1. The van der Waals surface area contributed by atoms with Crippen molar-refractivity contribution in [2.45, 2.75) is 124 Å². The van der Waals surface area contributed by atoms with Gasteiger partial charge in [0.2, 0.25) is 0 Å². The Bertz CT molecular complexity index is 1190. The average molecular weight is 621 g/mol. The van der Waals surface area contributed by atoms with Crippen LogP contribution < -0.4 is 4.74 Å². The topological polar surface area (TPSA) is 62.2 Å². The monoisotopic (exact) mass is 620 g/mol. The smallest absolute Gasteiger partial charge is 0.419 e. The second-order valence-corrected chi connectivity index (χ2v) is 25.2. The van der Waals surface area contributed by atoms with Crippen molar-refractivity contribution >= 4 is 33.6 Å². The summed E-state index contributed by atoms with van der Waals surface area (Å²) in [6.07, 6.45) is -0.453. The lowest BCUT2D eigenvalue weighted by atomic mass is 10.2. The van der Waals surface area contributed by atoms with Crippen LogP contribution in [0.1, 0.15) is 74.9 Å². The van der Waals surface area contributed by atoms with Crippen LogP contribution in [0.5, 0.6) is 5.75 Å². The molecule has 1 heterocycles. The molecule has 0 fully saturated rings. The standard InChI is InChI=1S/C33H60N2O5Si2/c1-16-34(19-20-38-41(12,13)32(6,7)8)23-28(40-42(14,15)33(9,10)11)24-37-27-17-18-29-26(22-27)21-25(2)35(29)30(36)39-31(3,4)5/h17-18,21-22,28H,16,19-20,23-24H2,1-15H3/t28-/m0/s1. The van der Waals surface area contributed by atoms with Crippen molar-refractivity contribution in [1.82, 2.24) is 9.47 Å². The van der Waals surface area contributed by atoms with Gasteiger partial charge in [0.15, 0.2) is 16.6 Å². The fourth-order valence-corrected chi connectivity index (χ4v) is 6.55. The molecule has 1 aromatic carbocycles. The van der Waals surface area contributed by atoms with Crippen LogP contribution >= 0.6 is 0 Å². The number of rotatable bonds is 12. The molecule has 1 atom stereocenters. The maximum absolute atomic E-state index is 12.9. The van der Waals surface area contributed by atoms with Crippen LogP contribution in [0.15, 0.2) is 24.3 Å². The molecule has 0 bridgehead atoms. The summed E-state index contributed by atoms with van der Waals surface area (Å²) in [5, 5.41) is 1.23. The molecule has 0 aliphatic carbocycles. The normalized spacial score (nSPS) is 14.5. The zero-order chi connectivity index (χ0) is 32.3. The van der Waals surface area contributed by atoms with Gasteiger partial charge in [0, 0.05) is 30.8 Å². The molecule has 0 aliphatic rings. The number of likely N-dealkylation sites (N-methyl/N-ethyl adjacent to an activating group) is 1. The Hall–Kier alpha value is -1.66. The number of benzene rings is 1. The number of carbonyl (C=O) groups is 1.